The summed E-state index contributed by atoms with van der Waals surface area (Å²) in [5, 5.41) is 8.67. The third kappa shape index (κ3) is 1.66. The van der Waals surface area contributed by atoms with Crippen LogP contribution < -0.4 is 11.3 Å². The van der Waals surface area contributed by atoms with Crippen molar-refractivity contribution < 1.29 is 0 Å². The molecule has 1 aromatic carbocycles. The Bertz CT molecular complexity index is 605. The first-order valence-corrected chi connectivity index (χ1v) is 4.70. The third-order valence-corrected chi connectivity index (χ3v) is 2.32. The molecule has 1 heterocycles. The van der Waals surface area contributed by atoms with E-state index in [1.807, 2.05) is 6.07 Å². The van der Waals surface area contributed by atoms with Crippen molar-refractivity contribution in [3.63, 3.8) is 0 Å². The second kappa shape index (κ2) is 3.91. The summed E-state index contributed by atoms with van der Waals surface area (Å²) in [5.74, 6) is 0. The van der Waals surface area contributed by atoms with Gasteiger partial charge in [0.2, 0.25) is 0 Å². The lowest BCUT2D eigenvalue weighted by Crippen LogP contribution is -2.11. The Morgan fingerprint density at radius 3 is 2.50 bits per heavy atom. The van der Waals surface area contributed by atoms with Gasteiger partial charge in [0.15, 0.2) is 0 Å². The van der Waals surface area contributed by atoms with Crippen LogP contribution in [0.2, 0.25) is 0 Å². The van der Waals surface area contributed by atoms with Crippen LogP contribution in [0.1, 0.15) is 5.56 Å². The van der Waals surface area contributed by atoms with E-state index in [1.54, 1.807) is 36.5 Å². The Kier molecular flexibility index (Phi) is 2.44. The van der Waals surface area contributed by atoms with Gasteiger partial charge >= 0.3 is 0 Å². The fourth-order valence-electron chi connectivity index (χ4n) is 1.47. The molecule has 0 atom stereocenters. The zero-order chi connectivity index (χ0) is 11.5. The maximum absolute atomic E-state index is 11.3. The zero-order valence-electron chi connectivity index (χ0n) is 8.40. The Balaban J connectivity index is 2.56. The number of nitrogen functional groups attached to an aromatic ring is 1. The molecule has 0 spiro atoms. The zero-order valence-corrected chi connectivity index (χ0v) is 8.40. The van der Waals surface area contributed by atoms with Crippen molar-refractivity contribution in [2.45, 2.75) is 0 Å². The first-order valence-electron chi connectivity index (χ1n) is 4.70. The largest absolute Gasteiger partial charge is 0.394 e. The first kappa shape index (κ1) is 9.99. The lowest BCUT2D eigenvalue weighted by Gasteiger charge is -2.04. The molecule has 0 fully saturated rings. The molecule has 78 valence electrons. The highest BCUT2D eigenvalue weighted by Crippen LogP contribution is 2.22. The highest BCUT2D eigenvalue weighted by molar-refractivity contribution is 5.75. The second-order valence-corrected chi connectivity index (χ2v) is 3.32. The van der Waals surface area contributed by atoms with Crippen LogP contribution in [-0.2, 0) is 0 Å². The minimum Gasteiger partial charge on any atom is -0.394 e. The molecule has 3 N–H and O–H groups in total. The highest BCUT2D eigenvalue weighted by Gasteiger charge is 2.04. The molecule has 0 amide bonds. The summed E-state index contributed by atoms with van der Waals surface area (Å²) < 4.78 is 0. The number of nitrogens with two attached hydrogens (primary N) is 1. The van der Waals surface area contributed by atoms with Crippen LogP contribution in [0, 0.1) is 11.3 Å². The van der Waals surface area contributed by atoms with E-state index in [-0.39, 0.29) is 11.2 Å². The van der Waals surface area contributed by atoms with E-state index in [9.17, 15) is 4.79 Å². The minimum atomic E-state index is -0.304. The van der Waals surface area contributed by atoms with Crippen molar-refractivity contribution in [2.75, 3.05) is 5.73 Å². The summed E-state index contributed by atoms with van der Waals surface area (Å²) >= 11 is 0. The summed E-state index contributed by atoms with van der Waals surface area (Å²) in [6.07, 6.45) is 1.55. The van der Waals surface area contributed by atoms with Gasteiger partial charge in [-0.25, -0.2) is 0 Å². The monoisotopic (exact) mass is 211 g/mol. The summed E-state index contributed by atoms with van der Waals surface area (Å²) in [4.78, 5) is 13.8. The van der Waals surface area contributed by atoms with Gasteiger partial charge in [-0.05, 0) is 23.8 Å². The van der Waals surface area contributed by atoms with Gasteiger partial charge in [0, 0.05) is 11.8 Å². The number of rotatable bonds is 1. The van der Waals surface area contributed by atoms with Crippen molar-refractivity contribution in [1.29, 1.82) is 5.26 Å². The van der Waals surface area contributed by atoms with Crippen LogP contribution in [-0.4, -0.2) is 4.98 Å². The third-order valence-electron chi connectivity index (χ3n) is 2.32. The molecular formula is C12H9N3O. The van der Waals surface area contributed by atoms with Crippen LogP contribution in [0.15, 0.2) is 41.3 Å². The van der Waals surface area contributed by atoms with Crippen molar-refractivity contribution >= 4 is 5.69 Å². The molecule has 4 heteroatoms. The van der Waals surface area contributed by atoms with Gasteiger partial charge in [0.1, 0.15) is 5.69 Å². The summed E-state index contributed by atoms with van der Waals surface area (Å²) in [5.41, 5.74) is 7.63. The van der Waals surface area contributed by atoms with Crippen LogP contribution in [0.5, 0.6) is 0 Å². The molecule has 2 rings (SSSR count). The van der Waals surface area contributed by atoms with Gasteiger partial charge in [-0.15, -0.1) is 0 Å². The minimum absolute atomic E-state index is 0.187. The lowest BCUT2D eigenvalue weighted by molar-refractivity contribution is 1.25. The molecule has 2 aromatic rings. The van der Waals surface area contributed by atoms with E-state index >= 15 is 0 Å². The van der Waals surface area contributed by atoms with Gasteiger partial charge in [0.05, 0.1) is 11.6 Å². The number of nitriles is 1. The fourth-order valence-corrected chi connectivity index (χ4v) is 1.47. The summed E-state index contributed by atoms with van der Waals surface area (Å²) in [6.45, 7) is 0. The Morgan fingerprint density at radius 2 is 1.88 bits per heavy atom. The highest BCUT2D eigenvalue weighted by atomic mass is 16.1. The second-order valence-electron chi connectivity index (χ2n) is 3.32. The van der Waals surface area contributed by atoms with Gasteiger partial charge in [0.25, 0.3) is 5.56 Å². The van der Waals surface area contributed by atoms with Crippen molar-refractivity contribution in [2.24, 2.45) is 0 Å². The molecule has 0 radical (unpaired) electrons. The summed E-state index contributed by atoms with van der Waals surface area (Å²) in [6, 6.07) is 10.7. The molecule has 0 bridgehead atoms. The van der Waals surface area contributed by atoms with E-state index in [0.717, 1.165) is 5.56 Å². The van der Waals surface area contributed by atoms with Crippen molar-refractivity contribution in [3.05, 3.63) is 52.4 Å². The number of anilines is 1. The van der Waals surface area contributed by atoms with E-state index in [2.05, 4.69) is 4.98 Å². The molecule has 16 heavy (non-hydrogen) atoms. The number of H-pyrrole nitrogens is 1. The fraction of sp³-hybridized carbons (Fsp3) is 0. The van der Waals surface area contributed by atoms with Gasteiger partial charge in [-0.2, -0.15) is 5.26 Å². The maximum atomic E-state index is 11.3. The number of nitrogens with zero attached hydrogens (tertiary/aromatic N) is 1. The Morgan fingerprint density at radius 1 is 1.19 bits per heavy atom. The molecule has 0 aliphatic rings. The van der Waals surface area contributed by atoms with Gasteiger partial charge in [-0.1, -0.05) is 12.1 Å². The van der Waals surface area contributed by atoms with E-state index < -0.39 is 0 Å². The Labute approximate surface area is 92.0 Å². The standard InChI is InChI=1S/C12H9N3O/c13-7-8-1-3-9(4-2-8)10-5-6-15-12(16)11(10)14/h1-6H,14H2,(H,15,16). The van der Waals surface area contributed by atoms with E-state index in [0.29, 0.717) is 11.1 Å². The molecule has 0 aliphatic heterocycles. The normalized spacial score (nSPS) is 9.69. The number of pyridine rings is 1. The van der Waals surface area contributed by atoms with Gasteiger partial charge in [-0.3, -0.25) is 4.79 Å². The topological polar surface area (TPSA) is 82.7 Å². The van der Waals surface area contributed by atoms with Crippen LogP contribution >= 0.6 is 0 Å². The molecule has 1 aromatic heterocycles. The SMILES string of the molecule is N#Cc1ccc(-c2cc[nH]c(=O)c2N)cc1. The van der Waals surface area contributed by atoms with Crippen LogP contribution in [0.25, 0.3) is 11.1 Å². The van der Waals surface area contributed by atoms with E-state index in [1.165, 1.54) is 0 Å². The molecule has 4 nitrogen and oxygen atoms in total. The maximum Gasteiger partial charge on any atom is 0.271 e. The Hall–Kier alpha value is -2.54. The molecule has 0 aliphatic carbocycles. The van der Waals surface area contributed by atoms with Crippen LogP contribution in [0.3, 0.4) is 0 Å². The molecule has 0 saturated carbocycles. The molecular weight excluding hydrogens is 202 g/mol. The lowest BCUT2D eigenvalue weighted by atomic mass is 10.0. The number of nitrogens with one attached hydrogen (secondary N) is 1. The average molecular weight is 211 g/mol. The quantitative estimate of drug-likeness (QED) is 0.749. The van der Waals surface area contributed by atoms with Crippen LogP contribution in [0.4, 0.5) is 5.69 Å². The number of hydrogen-bond donors (Lipinski definition) is 2. The van der Waals surface area contributed by atoms with E-state index in [4.69, 9.17) is 11.0 Å². The summed E-state index contributed by atoms with van der Waals surface area (Å²) in [7, 11) is 0. The van der Waals surface area contributed by atoms with Gasteiger partial charge < -0.3 is 10.7 Å². The predicted molar refractivity (Wildman–Crippen MR) is 61.6 cm³/mol. The predicted octanol–water partition coefficient (Wildman–Crippen LogP) is 1.50. The number of hydrogen-bond acceptors (Lipinski definition) is 3. The molecule has 0 unspecified atom stereocenters. The number of aromatic amines is 1. The average Bonchev–Trinajstić information content (AvgIpc) is 2.33. The number of aromatic nitrogens is 1. The van der Waals surface area contributed by atoms with Crippen molar-refractivity contribution in [3.8, 4) is 17.2 Å². The smallest absolute Gasteiger partial charge is 0.271 e. The van der Waals surface area contributed by atoms with Crippen molar-refractivity contribution in [1.82, 2.24) is 4.98 Å². The first-order chi connectivity index (χ1) is 7.72. The number of benzene rings is 1. The molecule has 0 saturated heterocycles.